The molecule has 114 valence electrons. The Morgan fingerprint density at radius 3 is 2.57 bits per heavy atom. The number of sulfonamides is 1. The topological polar surface area (TPSA) is 81.4 Å². The molecule has 0 aliphatic heterocycles. The Hall–Kier alpha value is -1.49. The lowest BCUT2D eigenvalue weighted by atomic mass is 10.0. The average molecular weight is 312 g/mol. The van der Waals surface area contributed by atoms with Crippen molar-refractivity contribution in [2.24, 2.45) is 0 Å². The number of hydrogen-bond donors (Lipinski definition) is 1. The van der Waals surface area contributed by atoms with Gasteiger partial charge < -0.3 is 5.11 Å². The second-order valence-corrected chi connectivity index (χ2v) is 7.46. The lowest BCUT2D eigenvalue weighted by Crippen LogP contribution is -2.42. The summed E-state index contributed by atoms with van der Waals surface area (Å²) in [4.78, 5) is -0.481. The number of likely N-dealkylation sites (N-methyl/N-ethyl adjacent to an activating group) is 1. The summed E-state index contributed by atoms with van der Waals surface area (Å²) in [5.41, 5.74) is -0.978. The van der Waals surface area contributed by atoms with E-state index in [1.54, 1.807) is 6.07 Å². The number of halogens is 1. The van der Waals surface area contributed by atoms with Gasteiger partial charge in [-0.25, -0.2) is 12.8 Å². The molecular weight excluding hydrogens is 295 g/mol. The average Bonchev–Trinajstić information content (AvgIpc) is 2.84. The van der Waals surface area contributed by atoms with Gasteiger partial charge in [-0.1, -0.05) is 12.8 Å². The van der Waals surface area contributed by atoms with E-state index in [2.05, 4.69) is 0 Å². The zero-order chi connectivity index (χ0) is 15.7. The summed E-state index contributed by atoms with van der Waals surface area (Å²) in [5.74, 6) is -0.959. The molecule has 2 rings (SSSR count). The van der Waals surface area contributed by atoms with Crippen LogP contribution in [0.2, 0.25) is 0 Å². The van der Waals surface area contributed by atoms with E-state index in [0.29, 0.717) is 12.8 Å². The van der Waals surface area contributed by atoms with Gasteiger partial charge in [0.15, 0.2) is 0 Å². The minimum absolute atomic E-state index is 0.0588. The van der Waals surface area contributed by atoms with Crippen LogP contribution in [-0.4, -0.2) is 37.0 Å². The zero-order valence-electron chi connectivity index (χ0n) is 11.7. The van der Waals surface area contributed by atoms with E-state index in [0.717, 1.165) is 29.3 Å². The molecule has 5 nitrogen and oxygen atoms in total. The van der Waals surface area contributed by atoms with Crippen LogP contribution < -0.4 is 0 Å². The molecule has 1 N–H and O–H groups in total. The number of aliphatic hydroxyl groups is 1. The normalized spacial score (nSPS) is 17.9. The molecule has 1 saturated carbocycles. The minimum atomic E-state index is -4.03. The fraction of sp³-hybridized carbons (Fsp3) is 0.500. The van der Waals surface area contributed by atoms with E-state index in [-0.39, 0.29) is 12.1 Å². The maximum atomic E-state index is 13.9. The van der Waals surface area contributed by atoms with Crippen LogP contribution in [0.4, 0.5) is 4.39 Å². The zero-order valence-corrected chi connectivity index (χ0v) is 12.5. The molecule has 21 heavy (non-hydrogen) atoms. The molecule has 1 fully saturated rings. The van der Waals surface area contributed by atoms with Crippen molar-refractivity contribution in [2.45, 2.75) is 36.2 Å². The van der Waals surface area contributed by atoms with Crippen molar-refractivity contribution < 1.29 is 17.9 Å². The molecule has 1 aromatic rings. The third-order valence-corrected chi connectivity index (χ3v) is 5.64. The van der Waals surface area contributed by atoms with Crippen LogP contribution >= 0.6 is 0 Å². The molecule has 0 unspecified atom stereocenters. The van der Waals surface area contributed by atoms with E-state index in [4.69, 9.17) is 5.26 Å². The van der Waals surface area contributed by atoms with Crippen LogP contribution in [0.15, 0.2) is 23.1 Å². The molecule has 0 spiro atoms. The second kappa shape index (κ2) is 5.72. The van der Waals surface area contributed by atoms with Crippen LogP contribution in [0.1, 0.15) is 31.2 Å². The van der Waals surface area contributed by atoms with Crippen LogP contribution in [-0.2, 0) is 10.0 Å². The second-order valence-electron chi connectivity index (χ2n) is 5.45. The predicted molar refractivity (Wildman–Crippen MR) is 74.3 cm³/mol. The summed E-state index contributed by atoms with van der Waals surface area (Å²) < 4.78 is 39.6. The summed E-state index contributed by atoms with van der Waals surface area (Å²) in [6, 6.07) is 4.99. The lowest BCUT2D eigenvalue weighted by molar-refractivity contribution is 0.0333. The molecule has 1 aliphatic carbocycles. The van der Waals surface area contributed by atoms with Crippen molar-refractivity contribution >= 4 is 10.0 Å². The number of nitriles is 1. The van der Waals surface area contributed by atoms with E-state index in [1.165, 1.54) is 13.1 Å². The molecule has 0 amide bonds. The van der Waals surface area contributed by atoms with Crippen LogP contribution in [0, 0.1) is 17.1 Å². The van der Waals surface area contributed by atoms with Crippen molar-refractivity contribution in [3.63, 3.8) is 0 Å². The molecule has 0 aromatic heterocycles. The van der Waals surface area contributed by atoms with Crippen molar-refractivity contribution in [1.82, 2.24) is 4.31 Å². The highest BCUT2D eigenvalue weighted by atomic mass is 32.2. The molecule has 7 heteroatoms. The van der Waals surface area contributed by atoms with Gasteiger partial charge in [0.1, 0.15) is 10.7 Å². The van der Waals surface area contributed by atoms with Crippen molar-refractivity contribution in [3.05, 3.63) is 29.6 Å². The van der Waals surface area contributed by atoms with Crippen LogP contribution in [0.5, 0.6) is 0 Å². The number of rotatable bonds is 4. The van der Waals surface area contributed by atoms with Gasteiger partial charge in [0.25, 0.3) is 0 Å². The lowest BCUT2D eigenvalue weighted by Gasteiger charge is -2.28. The fourth-order valence-electron chi connectivity index (χ4n) is 2.64. The quantitative estimate of drug-likeness (QED) is 0.916. The maximum Gasteiger partial charge on any atom is 0.245 e. The Balaban J connectivity index is 2.27. The van der Waals surface area contributed by atoms with Gasteiger partial charge in [0, 0.05) is 13.6 Å². The largest absolute Gasteiger partial charge is 0.389 e. The minimum Gasteiger partial charge on any atom is -0.389 e. The SMILES string of the molecule is CN(CC1(O)CCCC1)S(=O)(=O)c1ccc(C#N)cc1F. The van der Waals surface area contributed by atoms with E-state index in [1.807, 2.05) is 0 Å². The number of hydrogen-bond acceptors (Lipinski definition) is 4. The van der Waals surface area contributed by atoms with Crippen molar-refractivity contribution in [1.29, 1.82) is 5.26 Å². The maximum absolute atomic E-state index is 13.9. The standard InChI is InChI=1S/C14H17FN2O3S/c1-17(10-14(18)6-2-3-7-14)21(19,20)13-5-4-11(9-16)8-12(13)15/h4-5,8,18H,2-3,6-7,10H2,1H3. The molecule has 0 heterocycles. The summed E-state index contributed by atoms with van der Waals surface area (Å²) in [6.07, 6.45) is 2.80. The molecular formula is C14H17FN2O3S. The summed E-state index contributed by atoms with van der Waals surface area (Å²) in [5, 5.41) is 19.0. The highest BCUT2D eigenvalue weighted by Gasteiger charge is 2.36. The third kappa shape index (κ3) is 3.23. The van der Waals surface area contributed by atoms with Gasteiger partial charge in [-0.15, -0.1) is 0 Å². The van der Waals surface area contributed by atoms with Gasteiger partial charge >= 0.3 is 0 Å². The van der Waals surface area contributed by atoms with Gasteiger partial charge in [0.2, 0.25) is 10.0 Å². The Labute approximate surface area is 123 Å². The predicted octanol–water partition coefficient (Wildman–Crippen LogP) is 1.62. The first-order chi connectivity index (χ1) is 9.78. The molecule has 0 atom stereocenters. The Kier molecular flexibility index (Phi) is 4.33. The first-order valence-electron chi connectivity index (χ1n) is 6.67. The smallest absolute Gasteiger partial charge is 0.245 e. The number of nitrogens with zero attached hydrogens (tertiary/aromatic N) is 2. The number of benzene rings is 1. The van der Waals surface area contributed by atoms with E-state index in [9.17, 15) is 17.9 Å². The molecule has 0 radical (unpaired) electrons. The van der Waals surface area contributed by atoms with Crippen molar-refractivity contribution in [3.8, 4) is 6.07 Å². The first-order valence-corrected chi connectivity index (χ1v) is 8.11. The summed E-state index contributed by atoms with van der Waals surface area (Å²) in [6.45, 7) is -0.0607. The molecule has 1 aromatic carbocycles. The van der Waals surface area contributed by atoms with Crippen molar-refractivity contribution in [2.75, 3.05) is 13.6 Å². The van der Waals surface area contributed by atoms with E-state index >= 15 is 0 Å². The molecule has 0 bridgehead atoms. The van der Waals surface area contributed by atoms with Gasteiger partial charge in [-0.05, 0) is 31.0 Å². The van der Waals surface area contributed by atoms with E-state index < -0.39 is 26.3 Å². The summed E-state index contributed by atoms with van der Waals surface area (Å²) >= 11 is 0. The first kappa shape index (κ1) is 15.9. The highest BCUT2D eigenvalue weighted by Crippen LogP contribution is 2.31. The highest BCUT2D eigenvalue weighted by molar-refractivity contribution is 7.89. The molecule has 0 saturated heterocycles. The summed E-state index contributed by atoms with van der Waals surface area (Å²) in [7, 11) is -2.71. The Bertz CT molecular complexity index is 676. The monoisotopic (exact) mass is 312 g/mol. The van der Waals surface area contributed by atoms with Gasteiger partial charge in [-0.3, -0.25) is 0 Å². The third-order valence-electron chi connectivity index (χ3n) is 3.80. The Morgan fingerprint density at radius 1 is 1.43 bits per heavy atom. The van der Waals surface area contributed by atoms with Crippen LogP contribution in [0.3, 0.4) is 0 Å². The fourth-order valence-corrected chi connectivity index (χ4v) is 3.93. The van der Waals surface area contributed by atoms with Crippen LogP contribution in [0.25, 0.3) is 0 Å². The van der Waals surface area contributed by atoms with Gasteiger partial charge in [0.05, 0.1) is 17.2 Å². The van der Waals surface area contributed by atoms with Gasteiger partial charge in [-0.2, -0.15) is 9.57 Å². The molecule has 1 aliphatic rings. The Morgan fingerprint density at radius 2 is 2.05 bits per heavy atom.